The normalized spacial score (nSPS) is 22.9. The van der Waals surface area contributed by atoms with Crippen molar-refractivity contribution < 1.29 is 14.3 Å². The van der Waals surface area contributed by atoms with Crippen LogP contribution in [0.4, 0.5) is 22.9 Å². The minimum Gasteiger partial charge on any atom is -0.474 e. The highest BCUT2D eigenvalue weighted by Gasteiger charge is 2.61. The summed E-state index contributed by atoms with van der Waals surface area (Å²) in [5, 5.41) is 3.43. The second-order valence-electron chi connectivity index (χ2n) is 11.4. The third-order valence-corrected chi connectivity index (χ3v) is 8.81. The Bertz CT molecular complexity index is 1480. The van der Waals surface area contributed by atoms with Crippen LogP contribution in [0.5, 0.6) is 5.88 Å². The third-order valence-electron chi connectivity index (χ3n) is 8.81. The van der Waals surface area contributed by atoms with Crippen molar-refractivity contribution in [2.45, 2.75) is 56.9 Å². The van der Waals surface area contributed by atoms with Crippen LogP contribution in [0, 0.1) is 5.41 Å². The van der Waals surface area contributed by atoms with Gasteiger partial charge in [-0.2, -0.15) is 0 Å². The highest BCUT2D eigenvalue weighted by atomic mass is 16.5. The average Bonchev–Trinajstić information content (AvgIpc) is 3.86. The Morgan fingerprint density at radius 3 is 2.61 bits per heavy atom. The zero-order chi connectivity index (χ0) is 25.4. The lowest BCUT2D eigenvalue weighted by atomic mass is 9.98. The molecule has 2 aromatic heterocycles. The van der Waals surface area contributed by atoms with Gasteiger partial charge < -0.3 is 19.9 Å². The Hall–Kier alpha value is -3.94. The molecule has 0 bridgehead atoms. The first-order valence-electron chi connectivity index (χ1n) is 13.7. The monoisotopic (exact) mass is 507 g/mol. The number of aromatic nitrogens is 2. The predicted octanol–water partition coefficient (Wildman–Crippen LogP) is 5.17. The molecule has 8 rings (SSSR count). The van der Waals surface area contributed by atoms with Crippen LogP contribution in [-0.2, 0) is 9.59 Å². The Morgan fingerprint density at radius 2 is 1.87 bits per heavy atom. The van der Waals surface area contributed by atoms with Crippen LogP contribution < -0.4 is 19.9 Å². The van der Waals surface area contributed by atoms with Gasteiger partial charge in [-0.25, -0.2) is 9.97 Å². The Balaban J connectivity index is 1.07. The van der Waals surface area contributed by atoms with E-state index in [0.717, 1.165) is 66.2 Å². The number of nitrogens with zero attached hydrogens (tertiary/aromatic N) is 4. The Kier molecular flexibility index (Phi) is 4.66. The number of nitrogens with one attached hydrogen (secondary N) is 1. The number of pyridine rings is 2. The molecule has 8 heteroatoms. The van der Waals surface area contributed by atoms with Crippen molar-refractivity contribution in [3.8, 4) is 17.0 Å². The number of carbonyl (C=O) groups is 2. The van der Waals surface area contributed by atoms with Crippen molar-refractivity contribution in [3.05, 3.63) is 54.4 Å². The summed E-state index contributed by atoms with van der Waals surface area (Å²) in [6.07, 6.45) is 10.4. The van der Waals surface area contributed by atoms with Crippen LogP contribution in [0.2, 0.25) is 0 Å². The van der Waals surface area contributed by atoms with Gasteiger partial charge in [0.2, 0.25) is 17.7 Å². The first kappa shape index (κ1) is 22.1. The summed E-state index contributed by atoms with van der Waals surface area (Å²) in [6.45, 7) is 1.31. The summed E-state index contributed by atoms with van der Waals surface area (Å²) < 4.78 is 5.91. The van der Waals surface area contributed by atoms with Gasteiger partial charge in [0.25, 0.3) is 0 Å². The molecule has 4 fully saturated rings. The maximum atomic E-state index is 13.2. The number of hydrogen-bond donors (Lipinski definition) is 1. The quantitative estimate of drug-likeness (QED) is 0.513. The lowest BCUT2D eigenvalue weighted by molar-refractivity contribution is -0.121. The number of carbonyl (C=O) groups excluding carboxylic acids is 2. The number of anilines is 4. The van der Waals surface area contributed by atoms with E-state index in [-0.39, 0.29) is 23.3 Å². The largest absolute Gasteiger partial charge is 0.474 e. The molecule has 5 heterocycles. The smallest absolute Gasteiger partial charge is 0.238 e. The first-order chi connectivity index (χ1) is 18.6. The van der Waals surface area contributed by atoms with Gasteiger partial charge in [0.05, 0.1) is 23.3 Å². The molecule has 1 spiro atoms. The van der Waals surface area contributed by atoms with E-state index < -0.39 is 0 Å². The molecule has 3 aromatic rings. The maximum absolute atomic E-state index is 13.2. The number of benzene rings is 1. The molecule has 1 aromatic carbocycles. The first-order valence-corrected chi connectivity index (χ1v) is 13.7. The molecule has 0 radical (unpaired) electrons. The molecule has 2 saturated heterocycles. The molecule has 2 aliphatic carbocycles. The highest BCUT2D eigenvalue weighted by molar-refractivity contribution is 6.04. The molecule has 0 unspecified atom stereocenters. The number of fused-ring (bicyclic) bond motifs is 3. The fraction of sp³-hybridized carbons (Fsp3) is 0.400. The van der Waals surface area contributed by atoms with Crippen LogP contribution in [0.15, 0.2) is 48.8 Å². The van der Waals surface area contributed by atoms with Gasteiger partial charge in [-0.3, -0.25) is 9.59 Å². The molecule has 1 atom stereocenters. The lowest BCUT2D eigenvalue weighted by Gasteiger charge is -2.31. The number of hydrogen-bond acceptors (Lipinski definition) is 6. The van der Waals surface area contributed by atoms with E-state index in [0.29, 0.717) is 24.8 Å². The van der Waals surface area contributed by atoms with Crippen molar-refractivity contribution in [1.82, 2.24) is 9.97 Å². The van der Waals surface area contributed by atoms with Crippen LogP contribution in [-0.4, -0.2) is 41.0 Å². The van der Waals surface area contributed by atoms with E-state index in [1.165, 1.54) is 18.4 Å². The van der Waals surface area contributed by atoms with Crippen molar-refractivity contribution in [2.75, 3.05) is 28.3 Å². The zero-order valence-corrected chi connectivity index (χ0v) is 21.2. The lowest BCUT2D eigenvalue weighted by Crippen LogP contribution is -2.41. The van der Waals surface area contributed by atoms with E-state index >= 15 is 0 Å². The number of rotatable bonds is 5. The SMILES string of the molecule is O=C1CCCN1c1ccc(-c2cnc(Nc3cnc4c(c3)N3C(=O)C5(CC5)C[C@H]3CO4)cc2C2CC2)cc1. The molecule has 1 N–H and O–H groups in total. The summed E-state index contributed by atoms with van der Waals surface area (Å²) >= 11 is 0. The average molecular weight is 508 g/mol. The summed E-state index contributed by atoms with van der Waals surface area (Å²) in [6, 6.07) is 12.5. The molecular weight excluding hydrogens is 478 g/mol. The second-order valence-corrected chi connectivity index (χ2v) is 11.4. The van der Waals surface area contributed by atoms with E-state index in [2.05, 4.69) is 28.5 Å². The highest BCUT2D eigenvalue weighted by Crippen LogP contribution is 2.58. The predicted molar refractivity (Wildman–Crippen MR) is 144 cm³/mol. The van der Waals surface area contributed by atoms with Gasteiger partial charge in [-0.05, 0) is 79.8 Å². The molecule has 5 aliphatic rings. The van der Waals surface area contributed by atoms with Gasteiger partial charge in [0.15, 0.2) is 0 Å². The van der Waals surface area contributed by atoms with E-state index in [4.69, 9.17) is 9.72 Å². The fourth-order valence-corrected chi connectivity index (χ4v) is 6.43. The van der Waals surface area contributed by atoms with Gasteiger partial charge in [-0.1, -0.05) is 12.1 Å². The topological polar surface area (TPSA) is 87.7 Å². The Morgan fingerprint density at radius 1 is 1.03 bits per heavy atom. The minimum absolute atomic E-state index is 0.100. The number of amides is 2. The fourth-order valence-electron chi connectivity index (χ4n) is 6.43. The summed E-state index contributed by atoms with van der Waals surface area (Å²) in [4.78, 5) is 38.4. The molecule has 2 saturated carbocycles. The molecule has 38 heavy (non-hydrogen) atoms. The van der Waals surface area contributed by atoms with Gasteiger partial charge in [0, 0.05) is 30.4 Å². The van der Waals surface area contributed by atoms with Crippen molar-refractivity contribution in [1.29, 1.82) is 0 Å². The van der Waals surface area contributed by atoms with Crippen molar-refractivity contribution in [3.63, 3.8) is 0 Å². The van der Waals surface area contributed by atoms with Gasteiger partial charge >= 0.3 is 0 Å². The minimum atomic E-state index is -0.155. The third kappa shape index (κ3) is 3.50. The molecule has 8 nitrogen and oxygen atoms in total. The Labute approximate surface area is 221 Å². The summed E-state index contributed by atoms with van der Waals surface area (Å²) in [5.41, 5.74) is 5.89. The molecule has 3 aliphatic heterocycles. The van der Waals surface area contributed by atoms with Crippen LogP contribution in [0.3, 0.4) is 0 Å². The molecule has 2 amide bonds. The zero-order valence-electron chi connectivity index (χ0n) is 21.2. The second kappa shape index (κ2) is 8.03. The van der Waals surface area contributed by atoms with E-state index in [1.807, 2.05) is 34.2 Å². The van der Waals surface area contributed by atoms with Gasteiger partial charge in [-0.15, -0.1) is 0 Å². The van der Waals surface area contributed by atoms with Crippen LogP contribution in [0.1, 0.15) is 56.4 Å². The summed E-state index contributed by atoms with van der Waals surface area (Å²) in [5.74, 6) is 2.24. The van der Waals surface area contributed by atoms with Gasteiger partial charge in [0.1, 0.15) is 18.1 Å². The standard InChI is InChI=1S/C30H29N5O3/c36-27-2-1-11-34(27)21-7-5-19(6-8-21)24-16-31-26(13-23(24)18-3-4-18)33-20-12-25-28(32-15-20)38-17-22-14-30(9-10-30)29(37)35(22)25/h5-8,12-13,15-16,18,22H,1-4,9-11,14,17H2,(H,31,33)/t22-/m0/s1. The number of ether oxygens (including phenoxy) is 1. The van der Waals surface area contributed by atoms with E-state index in [1.54, 1.807) is 6.20 Å². The maximum Gasteiger partial charge on any atom is 0.238 e. The van der Waals surface area contributed by atoms with Crippen LogP contribution in [0.25, 0.3) is 11.1 Å². The van der Waals surface area contributed by atoms with Crippen molar-refractivity contribution in [2.24, 2.45) is 5.41 Å². The van der Waals surface area contributed by atoms with Crippen molar-refractivity contribution >= 4 is 34.7 Å². The summed E-state index contributed by atoms with van der Waals surface area (Å²) in [7, 11) is 0. The molecular formula is C30H29N5O3. The van der Waals surface area contributed by atoms with Crippen LogP contribution >= 0.6 is 0 Å². The van der Waals surface area contributed by atoms with E-state index in [9.17, 15) is 9.59 Å². The molecule has 192 valence electrons.